The van der Waals surface area contributed by atoms with Gasteiger partial charge in [-0.3, -0.25) is 4.57 Å². The Morgan fingerprint density at radius 1 is 0.323 bits per heavy atom. The van der Waals surface area contributed by atoms with Gasteiger partial charge in [0.2, 0.25) is 5.95 Å². The highest BCUT2D eigenvalue weighted by molar-refractivity contribution is 6.18. The van der Waals surface area contributed by atoms with Gasteiger partial charge in [-0.25, -0.2) is 9.97 Å². The van der Waals surface area contributed by atoms with Gasteiger partial charge in [-0.2, -0.15) is 0 Å². The minimum absolute atomic E-state index is 0.554. The molecule has 6 aromatic heterocycles. The SMILES string of the molecule is c1ccc2c(c1)oc1cc(-c3ccc4c(c3)oc3c(-c5ccc6c(c5)oc5cccc(-c7cccc8c7oc7ccccc78)c56)nc(-n5c6ccccc6c6ccccc65)nc34)ccc12. The molecule has 0 aliphatic carbocycles. The molecule has 7 heteroatoms. The first kappa shape index (κ1) is 34.6. The lowest BCUT2D eigenvalue weighted by Crippen LogP contribution is -2.02. The second-order valence-corrected chi connectivity index (χ2v) is 16.8. The van der Waals surface area contributed by atoms with Gasteiger partial charge in [-0.05, 0) is 83.4 Å². The number of nitrogens with zero attached hydrogens (tertiary/aromatic N) is 3. The fourth-order valence-corrected chi connectivity index (χ4v) is 10.3. The minimum atomic E-state index is 0.554. The second-order valence-electron chi connectivity index (χ2n) is 16.8. The zero-order valence-electron chi connectivity index (χ0n) is 34.4. The Hall–Kier alpha value is -8.94. The summed E-state index contributed by atoms with van der Waals surface area (Å²) in [5, 5.41) is 9.57. The molecule has 7 nitrogen and oxygen atoms in total. The lowest BCUT2D eigenvalue weighted by Gasteiger charge is -2.09. The maximum Gasteiger partial charge on any atom is 0.236 e. The van der Waals surface area contributed by atoms with E-state index in [1.807, 2.05) is 42.5 Å². The zero-order chi connectivity index (χ0) is 42.3. The molecular formula is C58H31N3O4. The van der Waals surface area contributed by atoms with Crippen molar-refractivity contribution in [2.24, 2.45) is 0 Å². The van der Waals surface area contributed by atoms with E-state index in [1.54, 1.807) is 0 Å². The van der Waals surface area contributed by atoms with Crippen molar-refractivity contribution in [2.75, 3.05) is 0 Å². The fourth-order valence-electron chi connectivity index (χ4n) is 10.3. The Balaban J connectivity index is 0.949. The van der Waals surface area contributed by atoms with E-state index in [9.17, 15) is 0 Å². The average molecular weight is 834 g/mol. The van der Waals surface area contributed by atoms with E-state index in [0.717, 1.165) is 126 Å². The van der Waals surface area contributed by atoms with Gasteiger partial charge in [-0.1, -0.05) is 121 Å². The van der Waals surface area contributed by atoms with Gasteiger partial charge in [0, 0.05) is 59.6 Å². The molecule has 0 saturated heterocycles. The molecule has 65 heavy (non-hydrogen) atoms. The number of rotatable bonds is 4. The number of para-hydroxylation sites is 5. The molecule has 0 N–H and O–H groups in total. The maximum atomic E-state index is 6.90. The van der Waals surface area contributed by atoms with Crippen molar-refractivity contribution >= 4 is 110 Å². The number of fused-ring (bicyclic) bond motifs is 15. The van der Waals surface area contributed by atoms with Crippen LogP contribution in [-0.2, 0) is 0 Å². The number of hydrogen-bond donors (Lipinski definition) is 0. The Morgan fingerprint density at radius 3 is 1.62 bits per heavy atom. The molecule has 0 atom stereocenters. The van der Waals surface area contributed by atoms with Gasteiger partial charge >= 0.3 is 0 Å². The van der Waals surface area contributed by atoms with E-state index in [0.29, 0.717) is 22.8 Å². The molecule has 302 valence electrons. The van der Waals surface area contributed by atoms with Gasteiger partial charge in [0.1, 0.15) is 50.3 Å². The van der Waals surface area contributed by atoms with Crippen molar-refractivity contribution in [1.29, 1.82) is 0 Å². The summed E-state index contributed by atoms with van der Waals surface area (Å²) >= 11 is 0. The van der Waals surface area contributed by atoms with Crippen molar-refractivity contribution in [1.82, 2.24) is 14.5 Å². The summed E-state index contributed by atoms with van der Waals surface area (Å²) in [7, 11) is 0. The van der Waals surface area contributed by atoms with Gasteiger partial charge < -0.3 is 17.7 Å². The quantitative estimate of drug-likeness (QED) is 0.176. The lowest BCUT2D eigenvalue weighted by molar-refractivity contribution is 0.665. The van der Waals surface area contributed by atoms with Crippen molar-refractivity contribution in [2.45, 2.75) is 0 Å². The molecule has 0 aliphatic rings. The van der Waals surface area contributed by atoms with Crippen LogP contribution < -0.4 is 0 Å². The molecule has 15 rings (SSSR count). The van der Waals surface area contributed by atoms with Crippen LogP contribution >= 0.6 is 0 Å². The normalized spacial score (nSPS) is 12.3. The van der Waals surface area contributed by atoms with Gasteiger partial charge in [0.05, 0.1) is 11.0 Å². The monoisotopic (exact) mass is 833 g/mol. The fraction of sp³-hybridized carbons (Fsp3) is 0. The van der Waals surface area contributed by atoms with Crippen molar-refractivity contribution in [3.8, 4) is 39.5 Å². The van der Waals surface area contributed by atoms with E-state index < -0.39 is 0 Å². The maximum absolute atomic E-state index is 6.90. The predicted molar refractivity (Wildman–Crippen MR) is 262 cm³/mol. The first-order valence-corrected chi connectivity index (χ1v) is 21.7. The Kier molecular flexibility index (Phi) is 6.83. The lowest BCUT2D eigenvalue weighted by atomic mass is 9.97. The largest absolute Gasteiger partial charge is 0.456 e. The van der Waals surface area contributed by atoms with Crippen molar-refractivity contribution in [3.63, 3.8) is 0 Å². The zero-order valence-corrected chi connectivity index (χ0v) is 34.4. The Labute approximate surface area is 368 Å². The first-order chi connectivity index (χ1) is 32.2. The number of hydrogen-bond acceptors (Lipinski definition) is 6. The Morgan fingerprint density at radius 2 is 0.831 bits per heavy atom. The predicted octanol–water partition coefficient (Wildman–Crippen LogP) is 16.2. The van der Waals surface area contributed by atoms with Gasteiger partial charge in [0.25, 0.3) is 0 Å². The van der Waals surface area contributed by atoms with E-state index in [1.165, 1.54) is 0 Å². The summed E-state index contributed by atoms with van der Waals surface area (Å²) in [5.74, 6) is 0.554. The summed E-state index contributed by atoms with van der Waals surface area (Å²) in [6, 6.07) is 64.8. The molecule has 6 heterocycles. The third kappa shape index (κ3) is 4.89. The molecule has 9 aromatic carbocycles. The molecule has 0 aliphatic heterocycles. The van der Waals surface area contributed by atoms with Gasteiger partial charge in [0.15, 0.2) is 5.58 Å². The summed E-state index contributed by atoms with van der Waals surface area (Å²) in [6.07, 6.45) is 0. The third-order valence-electron chi connectivity index (χ3n) is 13.3. The topological polar surface area (TPSA) is 83.3 Å². The number of furan rings is 4. The molecule has 0 spiro atoms. The highest BCUT2D eigenvalue weighted by Gasteiger charge is 2.24. The van der Waals surface area contributed by atoms with E-state index in [4.69, 9.17) is 27.6 Å². The summed E-state index contributed by atoms with van der Waals surface area (Å²) < 4.78 is 28.6. The highest BCUT2D eigenvalue weighted by Crippen LogP contribution is 2.44. The minimum Gasteiger partial charge on any atom is -0.456 e. The van der Waals surface area contributed by atoms with Crippen LogP contribution in [0.15, 0.2) is 206 Å². The van der Waals surface area contributed by atoms with E-state index in [-0.39, 0.29) is 0 Å². The molecule has 0 fully saturated rings. The van der Waals surface area contributed by atoms with Crippen molar-refractivity contribution in [3.05, 3.63) is 188 Å². The van der Waals surface area contributed by atoms with Crippen LogP contribution in [-0.4, -0.2) is 14.5 Å². The molecule has 0 saturated carbocycles. The van der Waals surface area contributed by atoms with Crippen LogP contribution in [0.2, 0.25) is 0 Å². The van der Waals surface area contributed by atoms with E-state index in [2.05, 4.69) is 150 Å². The van der Waals surface area contributed by atoms with Crippen LogP contribution in [0.4, 0.5) is 0 Å². The van der Waals surface area contributed by atoms with Crippen LogP contribution in [0.1, 0.15) is 0 Å². The summed E-state index contributed by atoms with van der Waals surface area (Å²) in [5.41, 5.74) is 14.7. The van der Waals surface area contributed by atoms with E-state index >= 15 is 0 Å². The van der Waals surface area contributed by atoms with Crippen LogP contribution in [0.5, 0.6) is 0 Å². The highest BCUT2D eigenvalue weighted by atomic mass is 16.3. The molecule has 15 aromatic rings. The van der Waals surface area contributed by atoms with Crippen LogP contribution in [0.3, 0.4) is 0 Å². The summed E-state index contributed by atoms with van der Waals surface area (Å²) in [6.45, 7) is 0. The molecule has 0 amide bonds. The number of benzene rings is 9. The van der Waals surface area contributed by atoms with Crippen molar-refractivity contribution < 1.29 is 17.7 Å². The van der Waals surface area contributed by atoms with Crippen LogP contribution in [0.25, 0.3) is 149 Å². The average Bonchev–Trinajstić information content (AvgIpc) is 4.18. The van der Waals surface area contributed by atoms with Gasteiger partial charge in [-0.15, -0.1) is 0 Å². The Bertz CT molecular complexity index is 4450. The summed E-state index contributed by atoms with van der Waals surface area (Å²) in [4.78, 5) is 10.8. The molecule has 0 bridgehead atoms. The first-order valence-electron chi connectivity index (χ1n) is 21.7. The standard InChI is InChI=1S/C58H31N3O4/c1-5-18-45-35(11-1)36-12-2-6-19-46(36)61(45)58-59-54(57-55(60-58)44-28-24-33(30-52(44)65-57)32-23-26-39-37-13-3-7-20-47(37)62-50(39)29-32)34-25-27-43-51(31-34)63-49-22-10-15-40(53(43)49)42-17-9-16-41-38-14-4-8-21-48(38)64-56(41)42/h1-31H. The van der Waals surface area contributed by atoms with Crippen LogP contribution in [0, 0.1) is 0 Å². The molecule has 0 unspecified atom stereocenters. The molecule has 0 radical (unpaired) electrons. The third-order valence-corrected chi connectivity index (χ3v) is 13.3. The second kappa shape index (κ2) is 12.8. The number of aromatic nitrogens is 3. The smallest absolute Gasteiger partial charge is 0.236 e. The molecular weight excluding hydrogens is 803 g/mol.